The fourth-order valence-electron chi connectivity index (χ4n) is 1.49. The summed E-state index contributed by atoms with van der Waals surface area (Å²) in [5.41, 5.74) is 0.819. The average Bonchev–Trinajstić information content (AvgIpc) is 2.36. The van der Waals surface area contributed by atoms with Crippen molar-refractivity contribution in [3.63, 3.8) is 0 Å². The Balaban J connectivity index is 2.03. The molecule has 2 nitrogen and oxygen atoms in total. The Bertz CT molecular complexity index is 594. The minimum Gasteiger partial charge on any atom is -0.425 e. The Morgan fingerprint density at radius 2 is 1.58 bits per heavy atom. The molecule has 0 aliphatic carbocycles. The summed E-state index contributed by atoms with van der Waals surface area (Å²) in [6, 6.07) is 11.7. The maximum atomic E-state index is 11.8. The van der Waals surface area contributed by atoms with E-state index < -0.39 is 5.97 Å². The maximum absolute atomic E-state index is 11.8. The fourth-order valence-corrected chi connectivity index (χ4v) is 2.06. The summed E-state index contributed by atoms with van der Waals surface area (Å²) in [5.74, 6) is -0.100. The van der Waals surface area contributed by atoms with Gasteiger partial charge in [0.05, 0.1) is 11.4 Å². The van der Waals surface area contributed by atoms with Crippen molar-refractivity contribution in [3.05, 3.63) is 63.1 Å². The van der Waals surface area contributed by atoms with E-state index in [1.54, 1.807) is 36.4 Å². The van der Waals surface area contributed by atoms with Crippen molar-refractivity contribution in [2.45, 2.75) is 6.42 Å². The molecular weight excluding hydrogens is 307 g/mol. The molecule has 5 heteroatoms. The van der Waals surface area contributed by atoms with Gasteiger partial charge in [0.2, 0.25) is 0 Å². The third-order valence-corrected chi connectivity index (χ3v) is 3.16. The molecule has 0 aliphatic rings. The van der Waals surface area contributed by atoms with Gasteiger partial charge < -0.3 is 4.74 Å². The summed E-state index contributed by atoms with van der Waals surface area (Å²) in [6.45, 7) is 0. The van der Waals surface area contributed by atoms with E-state index in [0.29, 0.717) is 20.8 Å². The van der Waals surface area contributed by atoms with Crippen LogP contribution in [0.1, 0.15) is 5.56 Å². The first-order chi connectivity index (χ1) is 9.04. The zero-order valence-electron chi connectivity index (χ0n) is 9.70. The number of ether oxygens (including phenoxy) is 1. The molecule has 0 aliphatic heterocycles. The highest BCUT2D eigenvalue weighted by Gasteiger charge is 2.09. The number of benzene rings is 2. The van der Waals surface area contributed by atoms with Crippen LogP contribution < -0.4 is 4.74 Å². The molecule has 0 fully saturated rings. The van der Waals surface area contributed by atoms with E-state index in [4.69, 9.17) is 39.5 Å². The molecule has 98 valence electrons. The summed E-state index contributed by atoms with van der Waals surface area (Å²) < 4.78 is 5.17. The summed E-state index contributed by atoms with van der Waals surface area (Å²) in [5, 5.41) is 1.41. The second-order valence-electron chi connectivity index (χ2n) is 3.85. The van der Waals surface area contributed by atoms with Gasteiger partial charge in [0.15, 0.2) is 0 Å². The first-order valence-corrected chi connectivity index (χ1v) is 6.58. The molecule has 2 aromatic rings. The van der Waals surface area contributed by atoms with Gasteiger partial charge in [-0.25, -0.2) is 0 Å². The zero-order valence-corrected chi connectivity index (χ0v) is 12.0. The Morgan fingerprint density at radius 1 is 0.947 bits per heavy atom. The lowest BCUT2D eigenvalue weighted by molar-refractivity contribution is -0.133. The largest absolute Gasteiger partial charge is 0.425 e. The Hall–Kier alpha value is -1.22. The third-order valence-electron chi connectivity index (χ3n) is 2.38. The SMILES string of the molecule is O=C(Cc1ccc(Cl)cc1)Oc1ccc(Cl)cc1Cl. The van der Waals surface area contributed by atoms with Gasteiger partial charge in [0, 0.05) is 10.0 Å². The van der Waals surface area contributed by atoms with Crippen molar-refractivity contribution >= 4 is 40.8 Å². The third kappa shape index (κ3) is 4.13. The molecule has 2 aromatic carbocycles. The van der Waals surface area contributed by atoms with E-state index in [-0.39, 0.29) is 6.42 Å². The molecule has 0 saturated carbocycles. The van der Waals surface area contributed by atoms with Crippen LogP contribution in [0.2, 0.25) is 15.1 Å². The lowest BCUT2D eigenvalue weighted by Crippen LogP contribution is -2.11. The van der Waals surface area contributed by atoms with Crippen LogP contribution in [0, 0.1) is 0 Å². The Kier molecular flexibility index (Phi) is 4.70. The topological polar surface area (TPSA) is 26.3 Å². The Morgan fingerprint density at radius 3 is 2.21 bits per heavy atom. The summed E-state index contributed by atoms with van der Waals surface area (Å²) in [4.78, 5) is 11.8. The second kappa shape index (κ2) is 6.29. The highest BCUT2D eigenvalue weighted by atomic mass is 35.5. The Labute approximate surface area is 125 Å². The number of hydrogen-bond donors (Lipinski definition) is 0. The molecule has 0 spiro atoms. The lowest BCUT2D eigenvalue weighted by atomic mass is 10.1. The van der Waals surface area contributed by atoms with Crippen molar-refractivity contribution in [3.8, 4) is 5.75 Å². The molecule has 0 aromatic heterocycles. The number of rotatable bonds is 3. The predicted octanol–water partition coefficient (Wildman–Crippen LogP) is 4.79. The first-order valence-electron chi connectivity index (χ1n) is 5.45. The van der Waals surface area contributed by atoms with Crippen LogP contribution in [-0.4, -0.2) is 5.97 Å². The molecule has 0 unspecified atom stereocenters. The average molecular weight is 316 g/mol. The number of halogens is 3. The normalized spacial score (nSPS) is 10.3. The summed E-state index contributed by atoms with van der Waals surface area (Å²) >= 11 is 17.4. The molecule has 0 atom stereocenters. The van der Waals surface area contributed by atoms with Gasteiger partial charge >= 0.3 is 5.97 Å². The molecule has 0 heterocycles. The van der Waals surface area contributed by atoms with Crippen molar-refractivity contribution in [1.82, 2.24) is 0 Å². The lowest BCUT2D eigenvalue weighted by Gasteiger charge is -2.06. The van der Waals surface area contributed by atoms with E-state index in [2.05, 4.69) is 0 Å². The van der Waals surface area contributed by atoms with Gasteiger partial charge in [-0.05, 0) is 35.9 Å². The number of esters is 1. The highest BCUT2D eigenvalue weighted by Crippen LogP contribution is 2.27. The summed E-state index contributed by atoms with van der Waals surface area (Å²) in [7, 11) is 0. The fraction of sp³-hybridized carbons (Fsp3) is 0.0714. The highest BCUT2D eigenvalue weighted by molar-refractivity contribution is 6.35. The van der Waals surface area contributed by atoms with E-state index >= 15 is 0 Å². The first kappa shape index (κ1) is 14.2. The quantitative estimate of drug-likeness (QED) is 0.601. The van der Waals surface area contributed by atoms with Crippen LogP contribution in [0.5, 0.6) is 5.75 Å². The van der Waals surface area contributed by atoms with Crippen LogP contribution in [0.4, 0.5) is 0 Å². The summed E-state index contributed by atoms with van der Waals surface area (Å²) in [6.07, 6.45) is 0.149. The van der Waals surface area contributed by atoms with Gasteiger partial charge in [-0.2, -0.15) is 0 Å². The smallest absolute Gasteiger partial charge is 0.315 e. The van der Waals surface area contributed by atoms with Crippen LogP contribution in [0.3, 0.4) is 0 Å². The molecule has 2 rings (SSSR count). The van der Waals surface area contributed by atoms with E-state index in [1.165, 1.54) is 6.07 Å². The van der Waals surface area contributed by atoms with Crippen LogP contribution in [-0.2, 0) is 11.2 Å². The van der Waals surface area contributed by atoms with Crippen molar-refractivity contribution < 1.29 is 9.53 Å². The molecule has 0 radical (unpaired) electrons. The van der Waals surface area contributed by atoms with Gasteiger partial charge in [0.1, 0.15) is 5.75 Å². The van der Waals surface area contributed by atoms with Crippen molar-refractivity contribution in [2.24, 2.45) is 0 Å². The molecule has 0 amide bonds. The van der Waals surface area contributed by atoms with Crippen LogP contribution in [0.25, 0.3) is 0 Å². The van der Waals surface area contributed by atoms with E-state index in [1.807, 2.05) is 0 Å². The van der Waals surface area contributed by atoms with E-state index in [9.17, 15) is 4.79 Å². The van der Waals surface area contributed by atoms with E-state index in [0.717, 1.165) is 5.56 Å². The van der Waals surface area contributed by atoms with Gasteiger partial charge in [-0.3, -0.25) is 4.79 Å². The number of carbonyl (C=O) groups is 1. The second-order valence-corrected chi connectivity index (χ2v) is 5.13. The van der Waals surface area contributed by atoms with Gasteiger partial charge in [-0.15, -0.1) is 0 Å². The minimum atomic E-state index is -0.397. The predicted molar refractivity (Wildman–Crippen MR) is 77.3 cm³/mol. The minimum absolute atomic E-state index is 0.149. The van der Waals surface area contributed by atoms with Crippen molar-refractivity contribution in [1.29, 1.82) is 0 Å². The maximum Gasteiger partial charge on any atom is 0.315 e. The monoisotopic (exact) mass is 314 g/mol. The molecule has 19 heavy (non-hydrogen) atoms. The molecule has 0 bridgehead atoms. The molecular formula is C14H9Cl3O2. The van der Waals surface area contributed by atoms with Gasteiger partial charge in [0.25, 0.3) is 0 Å². The molecule has 0 saturated heterocycles. The number of hydrogen-bond acceptors (Lipinski definition) is 2. The van der Waals surface area contributed by atoms with Crippen LogP contribution >= 0.6 is 34.8 Å². The number of carbonyl (C=O) groups excluding carboxylic acids is 1. The molecule has 0 N–H and O–H groups in total. The van der Waals surface area contributed by atoms with Gasteiger partial charge in [-0.1, -0.05) is 46.9 Å². The van der Waals surface area contributed by atoms with Crippen molar-refractivity contribution in [2.75, 3.05) is 0 Å². The standard InChI is InChI=1S/C14H9Cl3O2/c15-10-3-1-9(2-4-10)7-14(18)19-13-6-5-11(16)8-12(13)17/h1-6,8H,7H2. The van der Waals surface area contributed by atoms with Crippen LogP contribution in [0.15, 0.2) is 42.5 Å². The zero-order chi connectivity index (χ0) is 13.8.